The first kappa shape index (κ1) is 23.5. The fourth-order valence-electron chi connectivity index (χ4n) is 3.49. The van der Waals surface area contributed by atoms with Crippen LogP contribution in [0, 0.1) is 6.92 Å². The number of carboxylic acids is 1. The lowest BCUT2D eigenvalue weighted by atomic mass is 10.0. The number of benzene rings is 2. The summed E-state index contributed by atoms with van der Waals surface area (Å²) in [7, 11) is 0. The summed E-state index contributed by atoms with van der Waals surface area (Å²) in [6.45, 7) is 5.78. The summed E-state index contributed by atoms with van der Waals surface area (Å²) < 4.78 is 1.92. The van der Waals surface area contributed by atoms with Crippen LogP contribution in [0.2, 0.25) is 0 Å². The zero-order valence-corrected chi connectivity index (χ0v) is 18.3. The summed E-state index contributed by atoms with van der Waals surface area (Å²) in [6, 6.07) is 16.4. The van der Waals surface area contributed by atoms with E-state index in [1.54, 1.807) is 24.3 Å². The van der Waals surface area contributed by atoms with E-state index in [1.165, 1.54) is 0 Å². The molecule has 0 bridgehead atoms. The minimum absolute atomic E-state index is 0.0304. The standard InChI is InChI=1S/C26H26N2O5/c1-17-10-12-20(13-11-17)24(30)22-9-5-15-28(22)14-4-7-19-6-3-8-21(16-19)25(31)27-23(18(2)29)26(32)33/h3,5-6,8-13,15-16,23,29H,2,4,7,14H2,1H3,(H,27,31)(H,32,33)/t23-/m0/s1. The van der Waals surface area contributed by atoms with Gasteiger partial charge in [0.2, 0.25) is 5.78 Å². The topological polar surface area (TPSA) is 109 Å². The zero-order valence-electron chi connectivity index (χ0n) is 18.3. The minimum Gasteiger partial charge on any atom is -0.510 e. The van der Waals surface area contributed by atoms with E-state index in [0.717, 1.165) is 17.5 Å². The van der Waals surface area contributed by atoms with Crippen molar-refractivity contribution in [2.24, 2.45) is 0 Å². The minimum atomic E-state index is -1.57. The fourth-order valence-corrected chi connectivity index (χ4v) is 3.49. The molecule has 1 aromatic heterocycles. The average molecular weight is 447 g/mol. The van der Waals surface area contributed by atoms with Crippen molar-refractivity contribution in [3.8, 4) is 0 Å². The van der Waals surface area contributed by atoms with Crippen molar-refractivity contribution < 1.29 is 24.6 Å². The van der Waals surface area contributed by atoms with Crippen LogP contribution in [-0.2, 0) is 17.8 Å². The highest BCUT2D eigenvalue weighted by atomic mass is 16.4. The molecule has 1 atom stereocenters. The van der Waals surface area contributed by atoms with Crippen LogP contribution in [-0.4, -0.2) is 38.5 Å². The Morgan fingerprint density at radius 2 is 1.73 bits per heavy atom. The van der Waals surface area contributed by atoms with Crippen molar-refractivity contribution in [2.45, 2.75) is 32.4 Å². The summed E-state index contributed by atoms with van der Waals surface area (Å²) in [6.07, 6.45) is 3.27. The summed E-state index contributed by atoms with van der Waals surface area (Å²) in [5, 5.41) is 20.7. The number of aryl methyl sites for hydroxylation is 3. The van der Waals surface area contributed by atoms with Gasteiger partial charge in [-0.15, -0.1) is 0 Å². The molecule has 0 aliphatic rings. The van der Waals surface area contributed by atoms with Crippen LogP contribution in [0.15, 0.2) is 79.2 Å². The molecule has 0 radical (unpaired) electrons. The number of ketones is 1. The van der Waals surface area contributed by atoms with Crippen LogP contribution in [0.3, 0.4) is 0 Å². The van der Waals surface area contributed by atoms with Gasteiger partial charge < -0.3 is 20.1 Å². The van der Waals surface area contributed by atoms with Crippen LogP contribution in [0.5, 0.6) is 0 Å². The predicted molar refractivity (Wildman–Crippen MR) is 124 cm³/mol. The van der Waals surface area contributed by atoms with Gasteiger partial charge in [0, 0.05) is 23.9 Å². The first-order valence-electron chi connectivity index (χ1n) is 10.5. The number of carboxylic acid groups (broad SMARTS) is 1. The van der Waals surface area contributed by atoms with E-state index < -0.39 is 23.7 Å². The SMILES string of the molecule is C=C(O)[C@H](NC(=O)c1cccc(CCCn2cccc2C(=O)c2ccc(C)cc2)c1)C(=O)O. The maximum atomic E-state index is 12.8. The van der Waals surface area contributed by atoms with Gasteiger partial charge in [-0.05, 0) is 49.6 Å². The van der Waals surface area contributed by atoms with Crippen LogP contribution in [0.4, 0.5) is 0 Å². The summed E-state index contributed by atoms with van der Waals surface area (Å²) in [5.41, 5.74) is 3.55. The van der Waals surface area contributed by atoms with Crippen molar-refractivity contribution in [1.82, 2.24) is 9.88 Å². The number of carbonyl (C=O) groups is 3. The molecule has 33 heavy (non-hydrogen) atoms. The summed E-state index contributed by atoms with van der Waals surface area (Å²) in [5.74, 6) is -2.68. The molecule has 0 fully saturated rings. The number of nitrogens with zero attached hydrogens (tertiary/aromatic N) is 1. The molecule has 0 aliphatic carbocycles. The Morgan fingerprint density at radius 3 is 2.39 bits per heavy atom. The van der Waals surface area contributed by atoms with E-state index in [0.29, 0.717) is 24.2 Å². The van der Waals surface area contributed by atoms with Gasteiger partial charge in [-0.25, -0.2) is 4.79 Å². The number of aliphatic carboxylic acids is 1. The molecule has 1 heterocycles. The highest BCUT2D eigenvalue weighted by molar-refractivity contribution is 6.08. The van der Waals surface area contributed by atoms with Crippen LogP contribution in [0.25, 0.3) is 0 Å². The average Bonchev–Trinajstić information content (AvgIpc) is 3.25. The van der Waals surface area contributed by atoms with Crippen LogP contribution < -0.4 is 5.32 Å². The van der Waals surface area contributed by atoms with E-state index in [1.807, 2.05) is 54.1 Å². The van der Waals surface area contributed by atoms with Crippen LogP contribution >= 0.6 is 0 Å². The molecule has 3 aromatic rings. The number of carbonyl (C=O) groups excluding carboxylic acids is 2. The monoisotopic (exact) mass is 446 g/mol. The molecule has 7 nitrogen and oxygen atoms in total. The smallest absolute Gasteiger partial charge is 0.334 e. The molecule has 3 N–H and O–H groups in total. The zero-order chi connectivity index (χ0) is 24.0. The number of amides is 1. The first-order chi connectivity index (χ1) is 15.8. The third kappa shape index (κ3) is 5.98. The van der Waals surface area contributed by atoms with Gasteiger partial charge >= 0.3 is 5.97 Å². The number of hydrogen-bond acceptors (Lipinski definition) is 4. The van der Waals surface area contributed by atoms with Gasteiger partial charge in [-0.2, -0.15) is 0 Å². The molecule has 2 aromatic carbocycles. The lowest BCUT2D eigenvalue weighted by molar-refractivity contribution is -0.138. The van der Waals surface area contributed by atoms with Crippen molar-refractivity contribution in [1.29, 1.82) is 0 Å². The number of nitrogens with one attached hydrogen (secondary N) is 1. The maximum Gasteiger partial charge on any atom is 0.334 e. The van der Waals surface area contributed by atoms with Crippen molar-refractivity contribution in [2.75, 3.05) is 0 Å². The molecule has 7 heteroatoms. The first-order valence-corrected chi connectivity index (χ1v) is 10.5. The van der Waals surface area contributed by atoms with Gasteiger partial charge in [0.15, 0.2) is 6.04 Å². The van der Waals surface area contributed by atoms with Gasteiger partial charge in [0.25, 0.3) is 5.91 Å². The predicted octanol–water partition coefficient (Wildman–Crippen LogP) is 3.92. The molecule has 0 saturated carbocycles. The fraction of sp³-hybridized carbons (Fsp3) is 0.192. The molecular formula is C26H26N2O5. The molecule has 0 saturated heterocycles. The Balaban J connectivity index is 1.62. The van der Waals surface area contributed by atoms with E-state index in [2.05, 4.69) is 11.9 Å². The van der Waals surface area contributed by atoms with Crippen molar-refractivity contribution >= 4 is 17.7 Å². The van der Waals surface area contributed by atoms with E-state index in [-0.39, 0.29) is 11.3 Å². The van der Waals surface area contributed by atoms with E-state index >= 15 is 0 Å². The maximum absolute atomic E-state index is 12.8. The molecule has 1 amide bonds. The molecule has 3 rings (SSSR count). The van der Waals surface area contributed by atoms with Gasteiger partial charge in [-0.1, -0.05) is 48.5 Å². The van der Waals surface area contributed by atoms with Crippen molar-refractivity contribution in [3.63, 3.8) is 0 Å². The van der Waals surface area contributed by atoms with E-state index in [4.69, 9.17) is 5.11 Å². The number of aliphatic hydroxyl groups excluding tert-OH is 1. The second kappa shape index (κ2) is 10.5. The Kier molecular flexibility index (Phi) is 7.46. The Bertz CT molecular complexity index is 1160. The normalized spacial score (nSPS) is 11.5. The molecule has 0 unspecified atom stereocenters. The molecule has 170 valence electrons. The highest BCUT2D eigenvalue weighted by Crippen LogP contribution is 2.14. The molecular weight excluding hydrogens is 420 g/mol. The van der Waals surface area contributed by atoms with Gasteiger partial charge in [0.05, 0.1) is 5.69 Å². The van der Waals surface area contributed by atoms with Gasteiger partial charge in [0.1, 0.15) is 5.76 Å². The summed E-state index contributed by atoms with van der Waals surface area (Å²) >= 11 is 0. The quantitative estimate of drug-likeness (QED) is 0.323. The molecule has 0 aliphatic heterocycles. The number of rotatable bonds is 10. The summed E-state index contributed by atoms with van der Waals surface area (Å²) in [4.78, 5) is 36.4. The highest BCUT2D eigenvalue weighted by Gasteiger charge is 2.23. The van der Waals surface area contributed by atoms with E-state index in [9.17, 15) is 19.5 Å². The van der Waals surface area contributed by atoms with Gasteiger partial charge in [-0.3, -0.25) is 9.59 Å². The number of aromatic nitrogens is 1. The van der Waals surface area contributed by atoms with Crippen LogP contribution in [0.1, 0.15) is 44.0 Å². The lowest BCUT2D eigenvalue weighted by Gasteiger charge is -2.13. The number of aliphatic hydroxyl groups is 1. The van der Waals surface area contributed by atoms with Crippen molar-refractivity contribution in [3.05, 3.63) is 107 Å². The molecule has 0 spiro atoms. The second-order valence-electron chi connectivity index (χ2n) is 7.82. The second-order valence-corrected chi connectivity index (χ2v) is 7.82. The Morgan fingerprint density at radius 1 is 1.00 bits per heavy atom. The lowest BCUT2D eigenvalue weighted by Crippen LogP contribution is -2.41. The third-order valence-electron chi connectivity index (χ3n) is 5.29. The largest absolute Gasteiger partial charge is 0.510 e. The Labute approximate surface area is 192 Å². The Hall–Kier alpha value is -4.13. The number of hydrogen-bond donors (Lipinski definition) is 3. The third-order valence-corrected chi connectivity index (χ3v) is 5.29.